The third-order valence-corrected chi connectivity index (χ3v) is 10.1. The van der Waals surface area contributed by atoms with Gasteiger partial charge in [0.05, 0.1) is 6.61 Å². The maximum Gasteiger partial charge on any atom is 0.306 e. The zero-order valence-electron chi connectivity index (χ0n) is 34.7. The van der Waals surface area contributed by atoms with Crippen LogP contribution in [0.15, 0.2) is 60.8 Å². The summed E-state index contributed by atoms with van der Waals surface area (Å²) in [5, 5.41) is 30.8. The van der Waals surface area contributed by atoms with Crippen molar-refractivity contribution >= 4 is 22.1 Å². The highest BCUT2D eigenvalue weighted by atomic mass is 32.2. The van der Waals surface area contributed by atoms with Gasteiger partial charge in [0, 0.05) is 12.8 Å². The van der Waals surface area contributed by atoms with Crippen LogP contribution in [0.2, 0.25) is 0 Å². The zero-order chi connectivity index (χ0) is 42.0. The highest BCUT2D eigenvalue weighted by Crippen LogP contribution is 2.24. The molecule has 12 nitrogen and oxygen atoms in total. The van der Waals surface area contributed by atoms with Crippen LogP contribution < -0.4 is 0 Å². The van der Waals surface area contributed by atoms with E-state index in [1.165, 1.54) is 57.8 Å². The van der Waals surface area contributed by atoms with Gasteiger partial charge in [0.25, 0.3) is 10.1 Å². The second kappa shape index (κ2) is 34.2. The van der Waals surface area contributed by atoms with Crippen LogP contribution in [0, 0.1) is 0 Å². The van der Waals surface area contributed by atoms with Crippen LogP contribution in [-0.4, -0.2) is 96.0 Å². The lowest BCUT2D eigenvalue weighted by atomic mass is 10.00. The van der Waals surface area contributed by atoms with Crippen molar-refractivity contribution in [2.45, 2.75) is 185 Å². The van der Waals surface area contributed by atoms with E-state index in [-0.39, 0.29) is 19.4 Å². The van der Waals surface area contributed by atoms with Gasteiger partial charge in [-0.15, -0.1) is 0 Å². The van der Waals surface area contributed by atoms with Gasteiger partial charge < -0.3 is 34.3 Å². The Morgan fingerprint density at radius 3 is 1.63 bits per heavy atom. The Hall–Kier alpha value is -2.65. The average Bonchev–Trinajstić information content (AvgIpc) is 3.17. The average molecular weight is 827 g/mol. The van der Waals surface area contributed by atoms with Gasteiger partial charge in [0.2, 0.25) is 0 Å². The molecule has 0 radical (unpaired) electrons. The van der Waals surface area contributed by atoms with Crippen LogP contribution in [0.4, 0.5) is 0 Å². The second-order valence-electron chi connectivity index (χ2n) is 14.7. The molecular weight excluding hydrogens is 753 g/mol. The first kappa shape index (κ1) is 52.4. The van der Waals surface area contributed by atoms with Gasteiger partial charge in [-0.25, -0.2) is 0 Å². The van der Waals surface area contributed by atoms with Crippen molar-refractivity contribution in [2.24, 2.45) is 0 Å². The molecule has 13 heteroatoms. The number of carbonyl (C=O) groups excluding carboxylic acids is 2. The van der Waals surface area contributed by atoms with Crippen molar-refractivity contribution in [1.29, 1.82) is 0 Å². The molecule has 0 aliphatic carbocycles. The Morgan fingerprint density at radius 1 is 0.596 bits per heavy atom. The van der Waals surface area contributed by atoms with E-state index in [1.54, 1.807) is 0 Å². The molecule has 4 N–H and O–H groups in total. The molecule has 0 aromatic heterocycles. The lowest BCUT2D eigenvalue weighted by Crippen LogP contribution is -2.60. The maximum atomic E-state index is 12.7. The van der Waals surface area contributed by atoms with E-state index in [0.29, 0.717) is 19.3 Å². The minimum atomic E-state index is -4.61. The van der Waals surface area contributed by atoms with Crippen LogP contribution in [0.5, 0.6) is 0 Å². The van der Waals surface area contributed by atoms with E-state index in [2.05, 4.69) is 56.4 Å². The van der Waals surface area contributed by atoms with Crippen LogP contribution in [0.1, 0.15) is 149 Å². The molecule has 1 aliphatic heterocycles. The topological polar surface area (TPSA) is 186 Å². The summed E-state index contributed by atoms with van der Waals surface area (Å²) < 4.78 is 53.8. The Kier molecular flexibility index (Phi) is 31.5. The molecule has 1 saturated heterocycles. The van der Waals surface area contributed by atoms with Crippen LogP contribution >= 0.6 is 0 Å². The Morgan fingerprint density at radius 2 is 1.09 bits per heavy atom. The molecule has 0 amide bonds. The molecule has 1 fully saturated rings. The van der Waals surface area contributed by atoms with E-state index in [9.17, 15) is 37.9 Å². The minimum absolute atomic E-state index is 0.0397. The predicted molar refractivity (Wildman–Crippen MR) is 224 cm³/mol. The number of aliphatic hydroxyl groups is 3. The zero-order valence-corrected chi connectivity index (χ0v) is 35.5. The first-order chi connectivity index (χ1) is 27.5. The summed E-state index contributed by atoms with van der Waals surface area (Å²) in [4.78, 5) is 25.3. The number of carbonyl (C=O) groups is 2. The highest BCUT2D eigenvalue weighted by molar-refractivity contribution is 7.85. The van der Waals surface area contributed by atoms with Gasteiger partial charge >= 0.3 is 11.9 Å². The minimum Gasteiger partial charge on any atom is -0.462 e. The standard InChI is InChI=1S/C44H74O12S/c1-3-5-7-9-11-13-15-16-17-18-19-20-21-22-23-25-27-29-31-33-40(46)55-37(34-53-39(45)32-30-28-26-24-14-12-10-8-6-4-2)35-54-44-43(49)42(48)41(47)38(56-44)36-57(50,51)52/h11,13,16-17,19-20,22-23,27,29,37-38,41-44,47-49H,3-10,12,14-15,18,21,24-26,28,30-36H2,1-2H3,(H,50,51,52)/b13-11+,17-16+,20-19+,23-22+,29-27+/t37-,38-,41-,42?,43?,44+/m1/s1. The fourth-order valence-electron chi connectivity index (χ4n) is 6.01. The Bertz CT molecular complexity index is 1290. The number of allylic oxidation sites excluding steroid dienone is 10. The van der Waals surface area contributed by atoms with Crippen molar-refractivity contribution < 1.29 is 56.8 Å². The predicted octanol–water partition coefficient (Wildman–Crippen LogP) is 8.17. The summed E-state index contributed by atoms with van der Waals surface area (Å²) in [7, 11) is -4.61. The third kappa shape index (κ3) is 29.2. The summed E-state index contributed by atoms with van der Waals surface area (Å²) in [6.45, 7) is 3.63. The number of aliphatic hydroxyl groups excluding tert-OH is 3. The number of unbranched alkanes of at least 4 members (excludes halogenated alkanes) is 12. The van der Waals surface area contributed by atoms with Gasteiger partial charge in [0.1, 0.15) is 36.8 Å². The molecular formula is C44H74O12S. The highest BCUT2D eigenvalue weighted by Gasteiger charge is 2.46. The third-order valence-electron chi connectivity index (χ3n) is 9.36. The van der Waals surface area contributed by atoms with Crippen molar-refractivity contribution in [3.05, 3.63) is 60.8 Å². The lowest BCUT2D eigenvalue weighted by Gasteiger charge is -2.40. The summed E-state index contributed by atoms with van der Waals surface area (Å²) in [6.07, 6.45) is 31.5. The largest absolute Gasteiger partial charge is 0.462 e. The fraction of sp³-hybridized carbons (Fsp3) is 0.727. The summed E-state index contributed by atoms with van der Waals surface area (Å²) in [5.74, 6) is -2.10. The van der Waals surface area contributed by atoms with Crippen molar-refractivity contribution in [1.82, 2.24) is 0 Å². The molecule has 0 spiro atoms. The molecule has 1 heterocycles. The molecule has 57 heavy (non-hydrogen) atoms. The van der Waals surface area contributed by atoms with Gasteiger partial charge in [0.15, 0.2) is 12.4 Å². The van der Waals surface area contributed by atoms with Crippen LogP contribution in [-0.2, 0) is 38.7 Å². The van der Waals surface area contributed by atoms with Crippen molar-refractivity contribution in [3.8, 4) is 0 Å². The second-order valence-corrected chi connectivity index (χ2v) is 16.2. The SMILES string of the molecule is CCCCC/C=C/C/C=C/C/C=C/C/C=C/C/C=C/CCC(=O)O[C@H](COC(=O)CCCCCCCCCCCC)CO[C@H]1O[C@H](CS(=O)(=O)O)[C@@H](O)C(O)C1O. The Labute approximate surface area is 343 Å². The van der Waals surface area contributed by atoms with Crippen molar-refractivity contribution in [3.63, 3.8) is 0 Å². The van der Waals surface area contributed by atoms with E-state index >= 15 is 0 Å². The summed E-state index contributed by atoms with van der Waals surface area (Å²) in [6, 6.07) is 0. The molecule has 0 saturated carbocycles. The van der Waals surface area contributed by atoms with Crippen LogP contribution in [0.25, 0.3) is 0 Å². The molecule has 0 aromatic carbocycles. The number of hydrogen-bond donors (Lipinski definition) is 4. The first-order valence-electron chi connectivity index (χ1n) is 21.3. The summed E-state index contributed by atoms with van der Waals surface area (Å²) in [5.41, 5.74) is 0. The lowest BCUT2D eigenvalue weighted by molar-refractivity contribution is -0.297. The normalized spacial score (nSPS) is 21.1. The van der Waals surface area contributed by atoms with Gasteiger partial charge in [-0.3, -0.25) is 14.1 Å². The van der Waals surface area contributed by atoms with Crippen LogP contribution in [0.3, 0.4) is 0 Å². The van der Waals surface area contributed by atoms with E-state index in [4.69, 9.17) is 18.9 Å². The fourth-order valence-corrected chi connectivity index (χ4v) is 6.70. The van der Waals surface area contributed by atoms with Gasteiger partial charge in [-0.05, 0) is 51.4 Å². The molecule has 328 valence electrons. The van der Waals surface area contributed by atoms with E-state index in [1.807, 2.05) is 18.2 Å². The molecule has 6 atom stereocenters. The number of esters is 2. The molecule has 1 aliphatic rings. The molecule has 0 bridgehead atoms. The first-order valence-corrected chi connectivity index (χ1v) is 23.0. The molecule has 0 aromatic rings. The molecule has 2 unspecified atom stereocenters. The number of hydrogen-bond acceptors (Lipinski definition) is 11. The number of rotatable bonds is 34. The van der Waals surface area contributed by atoms with Gasteiger partial charge in [-0.1, -0.05) is 145 Å². The quantitative estimate of drug-likeness (QED) is 0.0211. The van der Waals surface area contributed by atoms with E-state index < -0.39 is 71.2 Å². The summed E-state index contributed by atoms with van der Waals surface area (Å²) >= 11 is 0. The van der Waals surface area contributed by atoms with Crippen molar-refractivity contribution in [2.75, 3.05) is 19.0 Å². The Balaban J connectivity index is 2.53. The smallest absolute Gasteiger partial charge is 0.306 e. The molecule has 1 rings (SSSR count). The van der Waals surface area contributed by atoms with E-state index in [0.717, 1.165) is 44.9 Å². The number of ether oxygens (including phenoxy) is 4. The monoisotopic (exact) mass is 826 g/mol. The van der Waals surface area contributed by atoms with Gasteiger partial charge in [-0.2, -0.15) is 8.42 Å². The maximum absolute atomic E-state index is 12.7.